The average Bonchev–Trinajstić information content (AvgIpc) is 2.13. The summed E-state index contributed by atoms with van der Waals surface area (Å²) in [6.07, 6.45) is -1.59. The van der Waals surface area contributed by atoms with Crippen molar-refractivity contribution in [2.45, 2.75) is 37.9 Å². The van der Waals surface area contributed by atoms with E-state index in [0.29, 0.717) is 6.42 Å². The maximum absolute atomic E-state index is 8.99. The molecule has 0 aromatic rings. The Morgan fingerprint density at radius 2 is 2.20 bits per heavy atom. The predicted molar refractivity (Wildman–Crippen MR) is 35.2 cm³/mol. The predicted octanol–water partition coefficient (Wildman–Crippen LogP) is -1.20. The molecule has 10 heavy (non-hydrogen) atoms. The first-order valence-corrected chi connectivity index (χ1v) is 3.38. The van der Waals surface area contributed by atoms with Gasteiger partial charge in [-0.3, -0.25) is 0 Å². The van der Waals surface area contributed by atoms with E-state index in [9.17, 15) is 0 Å². The average molecular weight is 147 g/mol. The smallest absolute Gasteiger partial charge is 0.181 e. The molecule has 0 aromatic heterocycles. The van der Waals surface area contributed by atoms with E-state index >= 15 is 0 Å². The first-order chi connectivity index (χ1) is 4.61. The van der Waals surface area contributed by atoms with Crippen LogP contribution >= 0.6 is 0 Å². The summed E-state index contributed by atoms with van der Waals surface area (Å²) < 4.78 is 4.92. The van der Waals surface area contributed by atoms with E-state index < -0.39 is 12.4 Å². The Bertz CT molecular complexity index is 108. The minimum absolute atomic E-state index is 0.133. The zero-order valence-electron chi connectivity index (χ0n) is 5.90. The van der Waals surface area contributed by atoms with Crippen LogP contribution in [0.15, 0.2) is 0 Å². The quantitative estimate of drug-likeness (QED) is 0.435. The van der Waals surface area contributed by atoms with Crippen molar-refractivity contribution in [1.29, 1.82) is 0 Å². The lowest BCUT2D eigenvalue weighted by Crippen LogP contribution is -2.31. The molecule has 0 aromatic carbocycles. The number of rotatable bonds is 1. The first-order valence-electron chi connectivity index (χ1n) is 3.38. The summed E-state index contributed by atoms with van der Waals surface area (Å²) in [6.45, 7) is 1.79. The van der Waals surface area contributed by atoms with E-state index in [1.807, 2.05) is 0 Å². The molecule has 4 atom stereocenters. The van der Waals surface area contributed by atoms with E-state index in [1.54, 1.807) is 6.92 Å². The minimum Gasteiger partial charge on any atom is -0.388 e. The summed E-state index contributed by atoms with van der Waals surface area (Å²) in [7, 11) is 0. The SMILES string of the molecule is C[C@@H](N)[C@H]1C[C@@H](O)C(O)O1. The molecule has 1 saturated heterocycles. The Hall–Kier alpha value is -0.160. The molecule has 4 N–H and O–H groups in total. The number of hydrogen-bond acceptors (Lipinski definition) is 4. The third kappa shape index (κ3) is 1.46. The molecule has 1 fully saturated rings. The van der Waals surface area contributed by atoms with Crippen LogP contribution in [-0.2, 0) is 4.74 Å². The van der Waals surface area contributed by atoms with Crippen LogP contribution in [0.2, 0.25) is 0 Å². The van der Waals surface area contributed by atoms with Gasteiger partial charge in [0.15, 0.2) is 6.29 Å². The van der Waals surface area contributed by atoms with Gasteiger partial charge >= 0.3 is 0 Å². The molecule has 1 unspecified atom stereocenters. The third-order valence-corrected chi connectivity index (χ3v) is 1.70. The van der Waals surface area contributed by atoms with Crippen molar-refractivity contribution in [3.8, 4) is 0 Å². The van der Waals surface area contributed by atoms with Gasteiger partial charge in [0.05, 0.1) is 6.10 Å². The van der Waals surface area contributed by atoms with Crippen molar-refractivity contribution in [2.24, 2.45) is 5.73 Å². The number of aliphatic hydroxyl groups is 2. The minimum atomic E-state index is -1.05. The van der Waals surface area contributed by atoms with Crippen LogP contribution in [0.3, 0.4) is 0 Å². The van der Waals surface area contributed by atoms with Crippen molar-refractivity contribution >= 4 is 0 Å². The highest BCUT2D eigenvalue weighted by molar-refractivity contribution is 4.80. The van der Waals surface area contributed by atoms with Gasteiger partial charge in [-0.1, -0.05) is 0 Å². The van der Waals surface area contributed by atoms with Gasteiger partial charge in [-0.05, 0) is 6.92 Å². The highest BCUT2D eigenvalue weighted by Crippen LogP contribution is 2.19. The summed E-state index contributed by atoms with van der Waals surface area (Å²) in [5, 5.41) is 17.9. The van der Waals surface area contributed by atoms with Gasteiger partial charge in [0, 0.05) is 12.5 Å². The summed E-state index contributed by atoms with van der Waals surface area (Å²) in [5.41, 5.74) is 5.47. The lowest BCUT2D eigenvalue weighted by Gasteiger charge is -2.12. The molecular formula is C6H13NO3. The van der Waals surface area contributed by atoms with E-state index in [-0.39, 0.29) is 12.1 Å². The fourth-order valence-electron chi connectivity index (χ4n) is 1.02. The second-order valence-electron chi connectivity index (χ2n) is 2.73. The Balaban J connectivity index is 2.41. The highest BCUT2D eigenvalue weighted by atomic mass is 16.6. The molecule has 0 saturated carbocycles. The van der Waals surface area contributed by atoms with Crippen LogP contribution in [0.4, 0.5) is 0 Å². The lowest BCUT2D eigenvalue weighted by atomic mass is 10.1. The maximum Gasteiger partial charge on any atom is 0.181 e. The molecule has 0 aliphatic carbocycles. The molecule has 1 rings (SSSR count). The van der Waals surface area contributed by atoms with Crippen LogP contribution < -0.4 is 5.73 Å². The molecule has 0 bridgehead atoms. The Morgan fingerprint density at radius 1 is 1.60 bits per heavy atom. The van der Waals surface area contributed by atoms with Gasteiger partial charge in [0.25, 0.3) is 0 Å². The molecule has 60 valence electrons. The normalized spacial score (nSPS) is 43.8. The number of aliphatic hydroxyl groups excluding tert-OH is 2. The number of ether oxygens (including phenoxy) is 1. The highest BCUT2D eigenvalue weighted by Gasteiger charge is 2.33. The molecule has 1 aliphatic heterocycles. The van der Waals surface area contributed by atoms with Crippen molar-refractivity contribution in [3.05, 3.63) is 0 Å². The van der Waals surface area contributed by atoms with Crippen LogP contribution in [0.25, 0.3) is 0 Å². The zero-order valence-corrected chi connectivity index (χ0v) is 5.90. The van der Waals surface area contributed by atoms with Crippen molar-refractivity contribution in [2.75, 3.05) is 0 Å². The standard InChI is InChI=1S/C6H13NO3/c1-3(7)5-2-4(8)6(9)10-5/h3-6,8-9H,2,7H2,1H3/t3-,4-,5-,6?/m1/s1. The van der Waals surface area contributed by atoms with E-state index in [0.717, 1.165) is 0 Å². The van der Waals surface area contributed by atoms with Crippen LogP contribution in [0.5, 0.6) is 0 Å². The molecule has 0 spiro atoms. The Labute approximate surface area is 59.6 Å². The maximum atomic E-state index is 8.99. The van der Waals surface area contributed by atoms with Gasteiger partial charge in [-0.25, -0.2) is 0 Å². The van der Waals surface area contributed by atoms with Gasteiger partial charge in [-0.2, -0.15) is 0 Å². The summed E-state index contributed by atoms with van der Waals surface area (Å²) in [5.74, 6) is 0. The van der Waals surface area contributed by atoms with Crippen LogP contribution in [0, 0.1) is 0 Å². The molecule has 4 heteroatoms. The summed E-state index contributed by atoms with van der Waals surface area (Å²) in [4.78, 5) is 0. The van der Waals surface area contributed by atoms with Crippen molar-refractivity contribution < 1.29 is 14.9 Å². The topological polar surface area (TPSA) is 75.7 Å². The Morgan fingerprint density at radius 3 is 2.40 bits per heavy atom. The van der Waals surface area contributed by atoms with Crippen LogP contribution in [0.1, 0.15) is 13.3 Å². The molecule has 0 radical (unpaired) electrons. The van der Waals surface area contributed by atoms with Gasteiger partial charge in [-0.15, -0.1) is 0 Å². The fourth-order valence-corrected chi connectivity index (χ4v) is 1.02. The molecule has 1 aliphatic rings. The monoisotopic (exact) mass is 147 g/mol. The number of hydrogen-bond donors (Lipinski definition) is 3. The molecule has 4 nitrogen and oxygen atoms in total. The van der Waals surface area contributed by atoms with Crippen LogP contribution in [-0.4, -0.2) is 34.8 Å². The van der Waals surface area contributed by atoms with Crippen molar-refractivity contribution in [3.63, 3.8) is 0 Å². The second-order valence-corrected chi connectivity index (χ2v) is 2.73. The second kappa shape index (κ2) is 2.84. The Kier molecular flexibility index (Phi) is 2.25. The lowest BCUT2D eigenvalue weighted by molar-refractivity contribution is -0.129. The number of nitrogens with two attached hydrogens (primary N) is 1. The fraction of sp³-hybridized carbons (Fsp3) is 1.00. The molecule has 0 amide bonds. The summed E-state index contributed by atoms with van der Waals surface area (Å²) >= 11 is 0. The van der Waals surface area contributed by atoms with Gasteiger partial charge < -0.3 is 20.7 Å². The van der Waals surface area contributed by atoms with Crippen molar-refractivity contribution in [1.82, 2.24) is 0 Å². The van der Waals surface area contributed by atoms with Gasteiger partial charge in [0.2, 0.25) is 0 Å². The zero-order chi connectivity index (χ0) is 7.72. The summed E-state index contributed by atoms with van der Waals surface area (Å²) in [6, 6.07) is -0.133. The molecule has 1 heterocycles. The largest absolute Gasteiger partial charge is 0.388 e. The van der Waals surface area contributed by atoms with E-state index in [4.69, 9.17) is 20.7 Å². The third-order valence-electron chi connectivity index (χ3n) is 1.70. The van der Waals surface area contributed by atoms with E-state index in [2.05, 4.69) is 0 Å². The van der Waals surface area contributed by atoms with Gasteiger partial charge in [0.1, 0.15) is 6.10 Å². The molecular weight excluding hydrogens is 134 g/mol. The first kappa shape index (κ1) is 7.94. The van der Waals surface area contributed by atoms with E-state index in [1.165, 1.54) is 0 Å².